The largest absolute Gasteiger partial charge is 0.414 e. The van der Waals surface area contributed by atoms with Gasteiger partial charge in [-0.25, -0.2) is 9.48 Å². The van der Waals surface area contributed by atoms with E-state index in [4.69, 9.17) is 25.6 Å². The molecule has 0 bridgehead atoms. The number of piperidine rings is 1. The van der Waals surface area contributed by atoms with Gasteiger partial charge in [0.15, 0.2) is 5.76 Å². The van der Waals surface area contributed by atoms with E-state index in [1.54, 1.807) is 17.0 Å². The van der Waals surface area contributed by atoms with Gasteiger partial charge >= 0.3 is 6.09 Å². The normalized spacial score (nSPS) is 17.4. The zero-order valence-corrected chi connectivity index (χ0v) is 23.7. The minimum absolute atomic E-state index is 0.0343. The van der Waals surface area contributed by atoms with Gasteiger partial charge in [0.05, 0.1) is 22.4 Å². The van der Waals surface area contributed by atoms with Gasteiger partial charge in [0.25, 0.3) is 5.91 Å². The molecule has 0 radical (unpaired) electrons. The highest BCUT2D eigenvalue weighted by Gasteiger charge is 2.26. The number of nitrogens with one attached hydrogen (secondary N) is 1. The summed E-state index contributed by atoms with van der Waals surface area (Å²) >= 11 is 7.44. The lowest BCUT2D eigenvalue weighted by Gasteiger charge is -2.34. The van der Waals surface area contributed by atoms with E-state index < -0.39 is 6.09 Å². The summed E-state index contributed by atoms with van der Waals surface area (Å²) in [5.41, 5.74) is 0.868. The Bertz CT molecular complexity index is 1270. The monoisotopic (exact) mass is 576 g/mol. The molecule has 5 rings (SSSR count). The average molecular weight is 577 g/mol. The Balaban J connectivity index is 1.30. The third-order valence-electron chi connectivity index (χ3n) is 6.95. The summed E-state index contributed by atoms with van der Waals surface area (Å²) in [6.07, 6.45) is 1.87. The van der Waals surface area contributed by atoms with Crippen LogP contribution >= 0.6 is 22.9 Å². The highest BCUT2D eigenvalue weighted by atomic mass is 35.5. The predicted octanol–water partition coefficient (Wildman–Crippen LogP) is 4.13. The van der Waals surface area contributed by atoms with E-state index in [0.29, 0.717) is 53.8 Å². The highest BCUT2D eigenvalue weighted by molar-refractivity contribution is 7.19. The molecule has 0 aromatic carbocycles. The van der Waals surface area contributed by atoms with Crippen LogP contribution in [0.2, 0.25) is 4.34 Å². The summed E-state index contributed by atoms with van der Waals surface area (Å²) in [5.74, 6) is 0.416. The van der Waals surface area contributed by atoms with Crippen molar-refractivity contribution < 1.29 is 23.6 Å². The van der Waals surface area contributed by atoms with Crippen LogP contribution in [0.15, 0.2) is 28.8 Å². The fourth-order valence-electron chi connectivity index (χ4n) is 4.80. The van der Waals surface area contributed by atoms with Crippen LogP contribution in [0.3, 0.4) is 0 Å². The number of ether oxygens (including phenoxy) is 2. The second-order valence-electron chi connectivity index (χ2n) is 10.0. The lowest BCUT2D eigenvalue weighted by Crippen LogP contribution is -2.47. The molecule has 0 unspecified atom stereocenters. The molecule has 2 amide bonds. The van der Waals surface area contributed by atoms with Crippen molar-refractivity contribution >= 4 is 34.9 Å². The van der Waals surface area contributed by atoms with Crippen molar-refractivity contribution in [3.8, 4) is 16.5 Å². The standard InChI is InChI=1S/C26H33ClN6O5S/c1-17(2)31-9-6-18(7-10-31)28-26(35)37-24-15-20(25(34)32-8-3-12-36-13-11-32)33(29-24)16-19-14-21(38-30-19)22-4-5-23(27)39-22/h4-5,14-15,17-18H,3,6-13,16H2,1-2H3,(H,28,35). The quantitative estimate of drug-likeness (QED) is 0.446. The molecule has 2 saturated heterocycles. The fraction of sp³-hybridized carbons (Fsp3) is 0.538. The maximum atomic E-state index is 13.5. The Morgan fingerprint density at radius 3 is 2.74 bits per heavy atom. The molecule has 2 aliphatic rings. The molecule has 3 aromatic rings. The van der Waals surface area contributed by atoms with E-state index in [0.717, 1.165) is 37.2 Å². The van der Waals surface area contributed by atoms with E-state index in [9.17, 15) is 9.59 Å². The molecule has 210 valence electrons. The minimum Gasteiger partial charge on any atom is -0.390 e. The fourth-order valence-corrected chi connectivity index (χ4v) is 5.79. The van der Waals surface area contributed by atoms with E-state index in [2.05, 4.69) is 34.3 Å². The number of carbonyl (C=O) groups is 2. The summed E-state index contributed by atoms with van der Waals surface area (Å²) < 4.78 is 18.7. The number of likely N-dealkylation sites (tertiary alicyclic amines) is 1. The summed E-state index contributed by atoms with van der Waals surface area (Å²) in [5, 5.41) is 11.5. The third kappa shape index (κ3) is 6.99. The first-order chi connectivity index (χ1) is 18.9. The average Bonchev–Trinajstić information content (AvgIpc) is 3.59. The first-order valence-corrected chi connectivity index (χ1v) is 14.4. The number of hydrogen-bond donors (Lipinski definition) is 1. The maximum absolute atomic E-state index is 13.5. The Labute approximate surface area is 236 Å². The molecular weight excluding hydrogens is 544 g/mol. The molecule has 0 saturated carbocycles. The predicted molar refractivity (Wildman–Crippen MR) is 146 cm³/mol. The first-order valence-electron chi connectivity index (χ1n) is 13.2. The summed E-state index contributed by atoms with van der Waals surface area (Å²) in [6.45, 7) is 8.48. The van der Waals surface area contributed by atoms with Gasteiger partial charge in [-0.15, -0.1) is 16.4 Å². The smallest absolute Gasteiger partial charge is 0.390 e. The van der Waals surface area contributed by atoms with Gasteiger partial charge in [0.2, 0.25) is 5.88 Å². The molecule has 2 aliphatic heterocycles. The van der Waals surface area contributed by atoms with E-state index in [1.807, 2.05) is 6.07 Å². The second-order valence-corrected chi connectivity index (χ2v) is 11.7. The molecule has 0 atom stereocenters. The summed E-state index contributed by atoms with van der Waals surface area (Å²) in [7, 11) is 0. The SMILES string of the molecule is CC(C)N1CCC(NC(=O)Oc2cc(C(=O)N3CCCOCC3)n(Cc3cc(-c4ccc(Cl)s4)on3)n2)CC1. The number of thiophene rings is 1. The molecule has 11 nitrogen and oxygen atoms in total. The number of carbonyl (C=O) groups excluding carboxylic acids is 2. The van der Waals surface area contributed by atoms with Gasteiger partial charge < -0.3 is 29.1 Å². The van der Waals surface area contributed by atoms with Crippen molar-refractivity contribution in [2.24, 2.45) is 0 Å². The Morgan fingerprint density at radius 1 is 1.18 bits per heavy atom. The summed E-state index contributed by atoms with van der Waals surface area (Å²) in [4.78, 5) is 31.2. The van der Waals surface area contributed by atoms with Crippen LogP contribution in [0.25, 0.3) is 10.6 Å². The van der Waals surface area contributed by atoms with Crippen LogP contribution in [-0.2, 0) is 11.3 Å². The Hall–Kier alpha value is -2.93. The van der Waals surface area contributed by atoms with E-state index >= 15 is 0 Å². The van der Waals surface area contributed by atoms with Crippen molar-refractivity contribution in [1.29, 1.82) is 0 Å². The highest BCUT2D eigenvalue weighted by Crippen LogP contribution is 2.31. The van der Waals surface area contributed by atoms with Gasteiger partial charge in [-0.05, 0) is 45.2 Å². The molecule has 1 N–H and O–H groups in total. The van der Waals surface area contributed by atoms with E-state index in [-0.39, 0.29) is 24.4 Å². The van der Waals surface area contributed by atoms with Crippen molar-refractivity contribution in [1.82, 2.24) is 30.1 Å². The Morgan fingerprint density at radius 2 is 2.00 bits per heavy atom. The van der Waals surface area contributed by atoms with Gasteiger partial charge in [-0.3, -0.25) is 4.79 Å². The number of amides is 2. The number of nitrogens with zero attached hydrogens (tertiary/aromatic N) is 5. The zero-order chi connectivity index (χ0) is 27.4. The van der Waals surface area contributed by atoms with Crippen LogP contribution in [0.5, 0.6) is 5.88 Å². The van der Waals surface area contributed by atoms with Crippen LogP contribution in [-0.4, -0.2) is 88.2 Å². The molecule has 0 spiro atoms. The number of hydrogen-bond acceptors (Lipinski definition) is 9. The molecule has 13 heteroatoms. The first kappa shape index (κ1) is 27.6. The van der Waals surface area contributed by atoms with Crippen LogP contribution in [0.1, 0.15) is 49.3 Å². The molecule has 39 heavy (non-hydrogen) atoms. The Kier molecular flexibility index (Phi) is 8.85. The van der Waals surface area contributed by atoms with Crippen molar-refractivity contribution in [2.75, 3.05) is 39.4 Å². The van der Waals surface area contributed by atoms with Crippen molar-refractivity contribution in [3.05, 3.63) is 40.0 Å². The van der Waals surface area contributed by atoms with Crippen LogP contribution < -0.4 is 10.1 Å². The van der Waals surface area contributed by atoms with Gasteiger partial charge in [-0.2, -0.15) is 0 Å². The molecule has 0 aliphatic carbocycles. The topological polar surface area (TPSA) is 115 Å². The lowest BCUT2D eigenvalue weighted by molar-refractivity contribution is 0.0729. The second kappa shape index (κ2) is 12.5. The molecule has 2 fully saturated rings. The van der Waals surface area contributed by atoms with Gasteiger partial charge in [0, 0.05) is 57.0 Å². The molecular formula is C26H33ClN6O5S. The van der Waals surface area contributed by atoms with Crippen LogP contribution in [0.4, 0.5) is 4.79 Å². The maximum Gasteiger partial charge on any atom is 0.414 e. The van der Waals surface area contributed by atoms with Crippen molar-refractivity contribution in [2.45, 2.75) is 51.7 Å². The van der Waals surface area contributed by atoms with Gasteiger partial charge in [0.1, 0.15) is 11.4 Å². The zero-order valence-electron chi connectivity index (χ0n) is 22.1. The number of halogens is 1. The molecule has 3 aromatic heterocycles. The third-order valence-corrected chi connectivity index (χ3v) is 8.20. The molecule has 5 heterocycles. The number of rotatable bonds is 7. The van der Waals surface area contributed by atoms with Gasteiger partial charge in [-0.1, -0.05) is 16.8 Å². The number of aromatic nitrogens is 3. The van der Waals surface area contributed by atoms with E-state index in [1.165, 1.54) is 22.1 Å². The lowest BCUT2D eigenvalue weighted by atomic mass is 10.0. The van der Waals surface area contributed by atoms with Crippen LogP contribution in [0, 0.1) is 0 Å². The summed E-state index contributed by atoms with van der Waals surface area (Å²) in [6, 6.07) is 7.47. The minimum atomic E-state index is -0.580. The van der Waals surface area contributed by atoms with Crippen molar-refractivity contribution in [3.63, 3.8) is 0 Å².